The van der Waals surface area contributed by atoms with Gasteiger partial charge in [-0.25, -0.2) is 18.0 Å². The highest BCUT2D eigenvalue weighted by atomic mass is 32.2. The molecule has 0 saturated carbocycles. The summed E-state index contributed by atoms with van der Waals surface area (Å²) < 4.78 is 67.0. The first-order valence-electron chi connectivity index (χ1n) is 11.9. The summed E-state index contributed by atoms with van der Waals surface area (Å²) in [7, 11) is 0. The van der Waals surface area contributed by atoms with E-state index in [1.807, 2.05) is 0 Å². The van der Waals surface area contributed by atoms with Gasteiger partial charge in [0.1, 0.15) is 16.2 Å². The van der Waals surface area contributed by atoms with E-state index >= 15 is 13.2 Å². The lowest BCUT2D eigenvalue weighted by atomic mass is 9.82. The van der Waals surface area contributed by atoms with Gasteiger partial charge in [-0.2, -0.15) is 0 Å². The van der Waals surface area contributed by atoms with Gasteiger partial charge in [0.2, 0.25) is 0 Å². The quantitative estimate of drug-likeness (QED) is 0.487. The number of halogens is 3. The Hall–Kier alpha value is -1.45. The molecule has 2 aliphatic rings. The van der Waals surface area contributed by atoms with E-state index < -0.39 is 57.1 Å². The summed E-state index contributed by atoms with van der Waals surface area (Å²) in [5.41, 5.74) is -1.25. The van der Waals surface area contributed by atoms with Crippen LogP contribution in [0.4, 0.5) is 18.0 Å². The number of carbonyl (C=O) groups is 1. The summed E-state index contributed by atoms with van der Waals surface area (Å²) in [6.07, 6.45) is 0.987. The van der Waals surface area contributed by atoms with Gasteiger partial charge in [-0.05, 0) is 74.1 Å². The molecule has 2 saturated heterocycles. The third-order valence-electron chi connectivity index (χ3n) is 6.54. The van der Waals surface area contributed by atoms with E-state index in [4.69, 9.17) is 4.74 Å². The highest BCUT2D eigenvalue weighted by Gasteiger charge is 2.53. The molecular weight excluding hydrogens is 465 g/mol. The van der Waals surface area contributed by atoms with Crippen LogP contribution < -0.4 is 4.72 Å². The number of benzene rings is 1. The molecule has 0 aromatic heterocycles. The summed E-state index contributed by atoms with van der Waals surface area (Å²) in [5.74, 6) is -5.45. The molecule has 0 radical (unpaired) electrons. The van der Waals surface area contributed by atoms with Gasteiger partial charge >= 0.3 is 6.09 Å². The van der Waals surface area contributed by atoms with Crippen LogP contribution in [0.3, 0.4) is 0 Å². The smallest absolute Gasteiger partial charge is 0.410 e. The highest BCUT2D eigenvalue weighted by Crippen LogP contribution is 2.50. The molecule has 2 heterocycles. The van der Waals surface area contributed by atoms with Crippen LogP contribution in [-0.2, 0) is 22.0 Å². The van der Waals surface area contributed by atoms with Crippen molar-refractivity contribution >= 4 is 17.5 Å². The maximum Gasteiger partial charge on any atom is 0.410 e. The minimum Gasteiger partial charge on any atom is -0.598 e. The molecule has 1 aromatic rings. The molecule has 1 amide bonds. The van der Waals surface area contributed by atoms with Crippen molar-refractivity contribution in [1.82, 2.24) is 9.62 Å². The molecule has 3 rings (SSSR count). The van der Waals surface area contributed by atoms with Gasteiger partial charge in [0.05, 0.1) is 11.6 Å². The molecule has 0 spiro atoms. The number of nitrogens with one attached hydrogen (secondary N) is 1. The second-order valence-corrected chi connectivity index (χ2v) is 13.5. The molecule has 34 heavy (non-hydrogen) atoms. The number of hydrogen-bond acceptors (Lipinski definition) is 4. The van der Waals surface area contributed by atoms with Gasteiger partial charge < -0.3 is 14.2 Å². The average molecular weight is 503 g/mol. The lowest BCUT2D eigenvalue weighted by molar-refractivity contribution is -0.100. The van der Waals surface area contributed by atoms with Gasteiger partial charge in [-0.15, -0.1) is 4.72 Å². The number of hydrogen-bond donors (Lipinski definition) is 1. The second-order valence-electron chi connectivity index (χ2n) is 11.5. The number of piperidine rings is 1. The Balaban J connectivity index is 1.80. The van der Waals surface area contributed by atoms with Crippen molar-refractivity contribution in [2.24, 2.45) is 5.92 Å². The number of carbonyl (C=O) groups excluding carboxylic acids is 1. The number of amides is 1. The Morgan fingerprint density at radius 3 is 2.21 bits per heavy atom. The van der Waals surface area contributed by atoms with E-state index in [1.54, 1.807) is 53.4 Å². The minimum absolute atomic E-state index is 0.0592. The number of alkyl halides is 2. The first-order chi connectivity index (χ1) is 15.5. The number of ether oxygens (including phenoxy) is 1. The molecular formula is C25H37F3N2O3S. The molecule has 2 bridgehead atoms. The Labute approximate surface area is 204 Å². The highest BCUT2D eigenvalue weighted by molar-refractivity contribution is 7.90. The summed E-state index contributed by atoms with van der Waals surface area (Å²) in [5, 5.41) is 0. The first kappa shape index (κ1) is 27.1. The lowest BCUT2D eigenvalue weighted by Crippen LogP contribution is -2.51. The topological polar surface area (TPSA) is 64.6 Å². The van der Waals surface area contributed by atoms with E-state index in [-0.39, 0.29) is 30.5 Å². The van der Waals surface area contributed by atoms with Crippen LogP contribution in [0.2, 0.25) is 0 Å². The van der Waals surface area contributed by atoms with Crippen LogP contribution in [-0.4, -0.2) is 38.0 Å². The fraction of sp³-hybridized carbons (Fsp3) is 0.720. The molecule has 4 atom stereocenters. The second kappa shape index (κ2) is 9.54. The van der Waals surface area contributed by atoms with Crippen molar-refractivity contribution in [3.05, 3.63) is 35.1 Å². The van der Waals surface area contributed by atoms with Crippen LogP contribution in [0.1, 0.15) is 91.3 Å². The SMILES string of the molecule is C[C@@H](N[S@+]([O-])C(C)(C)C)c1cccc(C(F)(F)C2CC3CCC(C2)N3C(=O)OC(C)(C)C)c1F. The molecule has 1 aromatic carbocycles. The van der Waals surface area contributed by atoms with Crippen molar-refractivity contribution in [1.29, 1.82) is 0 Å². The maximum absolute atomic E-state index is 15.7. The number of nitrogens with zero attached hydrogens (tertiary/aromatic N) is 1. The fourth-order valence-corrected chi connectivity index (χ4v) is 5.65. The minimum atomic E-state index is -3.40. The molecule has 2 unspecified atom stereocenters. The summed E-state index contributed by atoms with van der Waals surface area (Å²) in [6.45, 7) is 12.3. The normalized spacial score (nSPS) is 25.3. The van der Waals surface area contributed by atoms with E-state index in [1.165, 1.54) is 12.1 Å². The number of fused-ring (bicyclic) bond motifs is 2. The van der Waals surface area contributed by atoms with Crippen LogP contribution in [0, 0.1) is 11.7 Å². The van der Waals surface area contributed by atoms with E-state index in [2.05, 4.69) is 4.72 Å². The summed E-state index contributed by atoms with van der Waals surface area (Å²) in [4.78, 5) is 14.3. The molecule has 5 nitrogen and oxygen atoms in total. The predicted molar refractivity (Wildman–Crippen MR) is 127 cm³/mol. The van der Waals surface area contributed by atoms with Gasteiger partial charge in [-0.1, -0.05) is 18.2 Å². The van der Waals surface area contributed by atoms with Gasteiger partial charge in [0, 0.05) is 34.9 Å². The predicted octanol–water partition coefficient (Wildman–Crippen LogP) is 6.21. The first-order valence-corrected chi connectivity index (χ1v) is 13.0. The summed E-state index contributed by atoms with van der Waals surface area (Å²) in [6, 6.07) is 2.61. The van der Waals surface area contributed by atoms with Crippen LogP contribution in [0.15, 0.2) is 18.2 Å². The third kappa shape index (κ3) is 5.68. The average Bonchev–Trinajstić information content (AvgIpc) is 2.95. The zero-order valence-corrected chi connectivity index (χ0v) is 21.9. The molecule has 9 heteroatoms. The van der Waals surface area contributed by atoms with Crippen molar-refractivity contribution in [3.63, 3.8) is 0 Å². The van der Waals surface area contributed by atoms with Crippen molar-refractivity contribution in [3.8, 4) is 0 Å². The van der Waals surface area contributed by atoms with Crippen molar-refractivity contribution in [2.75, 3.05) is 0 Å². The van der Waals surface area contributed by atoms with E-state index in [9.17, 15) is 9.35 Å². The summed E-state index contributed by atoms with van der Waals surface area (Å²) >= 11 is -1.48. The van der Waals surface area contributed by atoms with Gasteiger partial charge in [0.25, 0.3) is 5.92 Å². The van der Waals surface area contributed by atoms with E-state index in [0.29, 0.717) is 12.8 Å². The Bertz CT molecular complexity index is 886. The third-order valence-corrected chi connectivity index (χ3v) is 8.22. The van der Waals surface area contributed by atoms with Crippen LogP contribution in [0.5, 0.6) is 0 Å². The van der Waals surface area contributed by atoms with E-state index in [0.717, 1.165) is 6.07 Å². The Morgan fingerprint density at radius 2 is 1.71 bits per heavy atom. The molecule has 2 fully saturated rings. The zero-order chi connectivity index (χ0) is 25.6. The van der Waals surface area contributed by atoms with Crippen molar-refractivity contribution < 1.29 is 27.3 Å². The van der Waals surface area contributed by atoms with Gasteiger partial charge in [-0.3, -0.25) is 0 Å². The van der Waals surface area contributed by atoms with Crippen LogP contribution >= 0.6 is 0 Å². The maximum atomic E-state index is 15.7. The monoisotopic (exact) mass is 502 g/mol. The molecule has 0 aliphatic carbocycles. The van der Waals surface area contributed by atoms with Gasteiger partial charge in [0.15, 0.2) is 0 Å². The Morgan fingerprint density at radius 1 is 1.15 bits per heavy atom. The largest absolute Gasteiger partial charge is 0.598 e. The molecule has 1 N–H and O–H groups in total. The van der Waals surface area contributed by atoms with Crippen LogP contribution in [0.25, 0.3) is 0 Å². The molecule has 192 valence electrons. The zero-order valence-electron chi connectivity index (χ0n) is 21.1. The van der Waals surface area contributed by atoms with Crippen molar-refractivity contribution in [2.45, 2.75) is 109 Å². The standard InChI is InChI=1S/C25H37F3N2O3S/c1-15(29-34(32)24(5,6)7)19-9-8-10-20(21(19)26)25(27,28)16-13-17-11-12-18(14-16)30(17)22(31)33-23(2,3)4/h8-10,15-18,29H,11-14H2,1-7H3/t15-,16?,17?,18?,34-/m1/s1. The number of rotatable bonds is 5. The lowest BCUT2D eigenvalue weighted by Gasteiger charge is -2.42. The molecule has 2 aliphatic heterocycles. The Kier molecular flexibility index (Phi) is 7.62. The fourth-order valence-electron chi connectivity index (χ4n) is 4.85.